The molecule has 6 heteroatoms. The smallest absolute Gasteiger partial charge is 0.343 e. The number of ether oxygens (including phenoxy) is 2. The van der Waals surface area contributed by atoms with Gasteiger partial charge >= 0.3 is 11.6 Å². The summed E-state index contributed by atoms with van der Waals surface area (Å²) >= 11 is 0. The standard InChI is InChI=1S/C27H36O6/c1-14-8-9-19-25(6,27(14)13-17-22(33-27)15(2)16(3)31-23(17)30)11-10-18-24(4,5)32-21(29)12-20(28)26(18,19)7/h8,18-20,28H,9-13H2,1-7H3/t18-,19-,20-,25+,26-,27-/m0/s1. The second-order valence-electron chi connectivity index (χ2n) is 11.8. The minimum atomic E-state index is -0.803. The average Bonchev–Trinajstić information content (AvgIpc) is 3.10. The summed E-state index contributed by atoms with van der Waals surface area (Å²) in [6, 6.07) is 0. The molecule has 0 radical (unpaired) electrons. The maximum absolute atomic E-state index is 12.8. The fraction of sp³-hybridized carbons (Fsp3) is 0.704. The van der Waals surface area contributed by atoms with Crippen LogP contribution in [0.4, 0.5) is 0 Å². The van der Waals surface area contributed by atoms with E-state index in [9.17, 15) is 14.7 Å². The van der Waals surface area contributed by atoms with Crippen molar-refractivity contribution in [2.75, 3.05) is 0 Å². The highest BCUT2D eigenvalue weighted by atomic mass is 16.6. The third-order valence-corrected chi connectivity index (χ3v) is 10.1. The van der Waals surface area contributed by atoms with Crippen molar-refractivity contribution in [1.82, 2.24) is 0 Å². The van der Waals surface area contributed by atoms with Gasteiger partial charge in [0.05, 0.1) is 18.1 Å². The normalized spacial score (nSPS) is 41.3. The first kappa shape index (κ1) is 22.7. The van der Waals surface area contributed by atoms with Gasteiger partial charge in [-0.3, -0.25) is 4.79 Å². The molecule has 1 saturated heterocycles. The van der Waals surface area contributed by atoms with E-state index in [2.05, 4.69) is 26.8 Å². The van der Waals surface area contributed by atoms with E-state index in [4.69, 9.17) is 13.9 Å². The predicted molar refractivity (Wildman–Crippen MR) is 123 cm³/mol. The van der Waals surface area contributed by atoms with E-state index in [0.29, 0.717) is 23.5 Å². The second kappa shape index (κ2) is 6.74. The summed E-state index contributed by atoms with van der Waals surface area (Å²) in [5.41, 5.74) is 0.0648. The van der Waals surface area contributed by atoms with Crippen molar-refractivity contribution in [3.8, 4) is 5.75 Å². The SMILES string of the molecule is CC1=CC[C@@H]2[C@@]3(C)[C@@H](O)CC(=O)OC(C)(C)[C@@H]3CC[C@@]2(C)[C@]12Cc1c(c(C)c(C)oc1=O)O2. The van der Waals surface area contributed by atoms with Gasteiger partial charge in [-0.25, -0.2) is 4.79 Å². The van der Waals surface area contributed by atoms with Gasteiger partial charge in [0.2, 0.25) is 0 Å². The van der Waals surface area contributed by atoms with E-state index in [1.165, 1.54) is 0 Å². The maximum atomic E-state index is 12.8. The molecule has 33 heavy (non-hydrogen) atoms. The molecule has 5 rings (SSSR count). The minimum Gasteiger partial charge on any atom is -0.481 e. The number of allylic oxidation sites excluding steroid dienone is 1. The van der Waals surface area contributed by atoms with Crippen LogP contribution in [0.5, 0.6) is 5.75 Å². The van der Waals surface area contributed by atoms with Crippen LogP contribution in [-0.2, 0) is 16.0 Å². The van der Waals surface area contributed by atoms with Crippen molar-refractivity contribution in [3.05, 3.63) is 39.0 Å². The van der Waals surface area contributed by atoms with E-state index < -0.39 is 22.7 Å². The third kappa shape index (κ3) is 2.70. The van der Waals surface area contributed by atoms with Crippen LogP contribution >= 0.6 is 0 Å². The molecule has 2 aliphatic heterocycles. The van der Waals surface area contributed by atoms with E-state index in [1.54, 1.807) is 6.92 Å². The highest BCUT2D eigenvalue weighted by Crippen LogP contribution is 2.69. The van der Waals surface area contributed by atoms with Crippen LogP contribution in [0, 0.1) is 36.5 Å². The van der Waals surface area contributed by atoms with Gasteiger partial charge in [0.15, 0.2) is 0 Å². The number of aryl methyl sites for hydroxylation is 1. The molecule has 6 nitrogen and oxygen atoms in total. The summed E-state index contributed by atoms with van der Waals surface area (Å²) in [5, 5.41) is 11.5. The molecular weight excluding hydrogens is 420 g/mol. The summed E-state index contributed by atoms with van der Waals surface area (Å²) in [6.45, 7) is 14.2. The summed E-state index contributed by atoms with van der Waals surface area (Å²) < 4.78 is 18.2. The first-order chi connectivity index (χ1) is 15.3. The molecule has 2 aliphatic carbocycles. The second-order valence-corrected chi connectivity index (χ2v) is 11.8. The number of esters is 1. The molecule has 0 bridgehead atoms. The number of aliphatic hydroxyl groups excluding tert-OH is 1. The summed E-state index contributed by atoms with van der Waals surface area (Å²) in [6.07, 6.45) is 4.35. The van der Waals surface area contributed by atoms with E-state index in [1.807, 2.05) is 20.8 Å². The predicted octanol–water partition coefficient (Wildman–Crippen LogP) is 4.41. The summed E-state index contributed by atoms with van der Waals surface area (Å²) in [4.78, 5) is 25.4. The lowest BCUT2D eigenvalue weighted by Gasteiger charge is -2.65. The molecule has 2 fully saturated rings. The van der Waals surface area contributed by atoms with Crippen molar-refractivity contribution >= 4 is 5.97 Å². The van der Waals surface area contributed by atoms with Gasteiger partial charge < -0.3 is 19.0 Å². The first-order valence-electron chi connectivity index (χ1n) is 12.2. The Morgan fingerprint density at radius 1 is 1.03 bits per heavy atom. The first-order valence-corrected chi connectivity index (χ1v) is 12.2. The Balaban J connectivity index is 1.68. The fourth-order valence-corrected chi connectivity index (χ4v) is 8.16. The Morgan fingerprint density at radius 2 is 1.73 bits per heavy atom. The molecule has 0 amide bonds. The van der Waals surface area contributed by atoms with Crippen LogP contribution < -0.4 is 10.4 Å². The molecule has 1 aromatic rings. The highest BCUT2D eigenvalue weighted by Gasteiger charge is 2.70. The van der Waals surface area contributed by atoms with Gasteiger partial charge in [-0.15, -0.1) is 0 Å². The number of carbonyl (C=O) groups is 1. The molecule has 1 spiro atoms. The largest absolute Gasteiger partial charge is 0.481 e. The van der Waals surface area contributed by atoms with E-state index >= 15 is 0 Å². The van der Waals surface area contributed by atoms with Crippen LogP contribution in [0.3, 0.4) is 0 Å². The van der Waals surface area contributed by atoms with Crippen molar-refractivity contribution in [2.45, 2.75) is 97.9 Å². The fourth-order valence-electron chi connectivity index (χ4n) is 8.16. The maximum Gasteiger partial charge on any atom is 0.343 e. The third-order valence-electron chi connectivity index (χ3n) is 10.1. The van der Waals surface area contributed by atoms with Crippen molar-refractivity contribution in [3.63, 3.8) is 0 Å². The molecule has 1 aromatic heterocycles. The number of carbonyl (C=O) groups excluding carboxylic acids is 1. The van der Waals surface area contributed by atoms with Gasteiger partial charge in [0.1, 0.15) is 22.7 Å². The summed E-state index contributed by atoms with van der Waals surface area (Å²) in [5.74, 6) is 0.980. The monoisotopic (exact) mass is 456 g/mol. The Morgan fingerprint density at radius 3 is 2.42 bits per heavy atom. The van der Waals surface area contributed by atoms with Crippen LogP contribution in [0.25, 0.3) is 0 Å². The number of rotatable bonds is 0. The Labute approximate surface area is 195 Å². The number of aliphatic hydroxyl groups is 1. The van der Waals surface area contributed by atoms with Crippen LogP contribution in [0.2, 0.25) is 0 Å². The number of hydrogen-bond acceptors (Lipinski definition) is 6. The molecule has 180 valence electrons. The number of cyclic esters (lactones) is 1. The van der Waals surface area contributed by atoms with Crippen LogP contribution in [0.1, 0.15) is 77.2 Å². The van der Waals surface area contributed by atoms with Crippen LogP contribution in [-0.4, -0.2) is 28.4 Å². The van der Waals surface area contributed by atoms with Crippen molar-refractivity contribution < 1.29 is 23.8 Å². The average molecular weight is 457 g/mol. The van der Waals surface area contributed by atoms with Gasteiger partial charge in [0, 0.05) is 28.7 Å². The Bertz CT molecular complexity index is 1130. The summed E-state index contributed by atoms with van der Waals surface area (Å²) in [7, 11) is 0. The Hall–Kier alpha value is -2.08. The molecule has 1 N–H and O–H groups in total. The zero-order chi connectivity index (χ0) is 24.1. The Kier molecular flexibility index (Phi) is 4.64. The molecule has 4 aliphatic rings. The number of hydrogen-bond donors (Lipinski definition) is 1. The highest BCUT2D eigenvalue weighted by molar-refractivity contribution is 5.71. The van der Waals surface area contributed by atoms with Gasteiger partial charge in [-0.1, -0.05) is 19.9 Å². The lowest BCUT2D eigenvalue weighted by molar-refractivity contribution is -0.206. The minimum absolute atomic E-state index is 0.00167. The molecule has 0 unspecified atom stereocenters. The number of fused-ring (bicyclic) bond motifs is 5. The van der Waals surface area contributed by atoms with Gasteiger partial charge in [-0.2, -0.15) is 0 Å². The van der Waals surface area contributed by atoms with E-state index in [0.717, 1.165) is 30.4 Å². The van der Waals surface area contributed by atoms with Crippen LogP contribution in [0.15, 0.2) is 20.9 Å². The lowest BCUT2D eigenvalue weighted by atomic mass is 9.41. The zero-order valence-corrected chi connectivity index (χ0v) is 20.8. The topological polar surface area (TPSA) is 86.0 Å². The van der Waals surface area contributed by atoms with E-state index in [-0.39, 0.29) is 35.3 Å². The van der Waals surface area contributed by atoms with Gasteiger partial charge in [-0.05, 0) is 65.4 Å². The molecule has 1 saturated carbocycles. The molecule has 0 aromatic carbocycles. The lowest BCUT2D eigenvalue weighted by Crippen LogP contribution is -2.67. The zero-order valence-electron chi connectivity index (χ0n) is 20.8. The van der Waals surface area contributed by atoms with Crippen molar-refractivity contribution in [1.29, 1.82) is 0 Å². The molecule has 6 atom stereocenters. The van der Waals surface area contributed by atoms with Gasteiger partial charge in [0.25, 0.3) is 0 Å². The molecule has 3 heterocycles. The quantitative estimate of drug-likeness (QED) is 0.460. The molecular formula is C27H36O6. The van der Waals surface area contributed by atoms with Crippen molar-refractivity contribution in [2.24, 2.45) is 22.7 Å².